The number of esters is 1. The molecule has 20 heavy (non-hydrogen) atoms. The molecule has 1 heterocycles. The third-order valence-electron chi connectivity index (χ3n) is 3.98. The number of ether oxygens (including phenoxy) is 2. The first kappa shape index (κ1) is 17.4. The van der Waals surface area contributed by atoms with Crippen molar-refractivity contribution >= 4 is 5.97 Å². The number of morpholine rings is 1. The molecule has 1 aliphatic rings. The van der Waals surface area contributed by atoms with Crippen molar-refractivity contribution in [3.05, 3.63) is 0 Å². The maximum Gasteiger partial charge on any atom is 0.325 e. The van der Waals surface area contributed by atoms with Gasteiger partial charge in [-0.25, -0.2) is 0 Å². The Morgan fingerprint density at radius 2 is 2.20 bits per heavy atom. The maximum atomic E-state index is 11.8. The molecule has 0 aromatic heterocycles. The summed E-state index contributed by atoms with van der Waals surface area (Å²) in [6.45, 7) is 11.1. The first-order chi connectivity index (χ1) is 9.22. The third-order valence-corrected chi connectivity index (χ3v) is 3.98. The molecule has 1 N–H and O–H groups in total. The van der Waals surface area contributed by atoms with E-state index in [1.165, 1.54) is 7.11 Å². The van der Waals surface area contributed by atoms with Crippen molar-refractivity contribution in [2.75, 3.05) is 33.8 Å². The zero-order chi connectivity index (χ0) is 15.4. The number of hydrogen-bond acceptors (Lipinski definition) is 5. The van der Waals surface area contributed by atoms with Gasteiger partial charge in [0, 0.05) is 13.1 Å². The van der Waals surface area contributed by atoms with Gasteiger partial charge in [-0.2, -0.15) is 0 Å². The fourth-order valence-corrected chi connectivity index (χ4v) is 2.97. The summed E-state index contributed by atoms with van der Waals surface area (Å²) in [7, 11) is 3.24. The molecule has 0 radical (unpaired) electrons. The average molecular weight is 286 g/mol. The Morgan fingerprint density at radius 3 is 2.70 bits per heavy atom. The minimum atomic E-state index is -0.595. The molecule has 1 fully saturated rings. The fraction of sp³-hybridized carbons (Fsp3) is 0.933. The summed E-state index contributed by atoms with van der Waals surface area (Å²) in [5.74, 6) is -0.198. The van der Waals surface area contributed by atoms with E-state index in [9.17, 15) is 4.79 Å². The van der Waals surface area contributed by atoms with Crippen LogP contribution in [0.5, 0.6) is 0 Å². The van der Waals surface area contributed by atoms with Gasteiger partial charge in [0.1, 0.15) is 5.54 Å². The Balaban J connectivity index is 2.45. The highest BCUT2D eigenvalue weighted by Crippen LogP contribution is 2.22. The van der Waals surface area contributed by atoms with Crippen molar-refractivity contribution in [3.63, 3.8) is 0 Å². The molecule has 0 spiro atoms. The van der Waals surface area contributed by atoms with E-state index in [2.05, 4.69) is 31.0 Å². The summed E-state index contributed by atoms with van der Waals surface area (Å²) >= 11 is 0. The van der Waals surface area contributed by atoms with Gasteiger partial charge in [-0.05, 0) is 54.1 Å². The number of likely N-dealkylation sites (N-methyl/N-ethyl adjacent to an activating group) is 1. The van der Waals surface area contributed by atoms with Crippen LogP contribution in [0.2, 0.25) is 0 Å². The zero-order valence-electron chi connectivity index (χ0n) is 13.8. The van der Waals surface area contributed by atoms with Gasteiger partial charge in [-0.3, -0.25) is 9.69 Å². The fourth-order valence-electron chi connectivity index (χ4n) is 2.97. The monoisotopic (exact) mass is 286 g/mol. The van der Waals surface area contributed by atoms with Gasteiger partial charge in [0.05, 0.1) is 18.8 Å². The van der Waals surface area contributed by atoms with Crippen LogP contribution in [0, 0.1) is 0 Å². The standard InChI is InChI=1S/C15H30N2O3/c1-12-10-17(11-14(2,3)20-12)9-7-8-15(4,16-5)13(18)19-6/h12,16H,7-11H2,1-6H3. The van der Waals surface area contributed by atoms with Gasteiger partial charge >= 0.3 is 5.97 Å². The van der Waals surface area contributed by atoms with Crippen molar-refractivity contribution in [1.29, 1.82) is 0 Å². The molecular weight excluding hydrogens is 256 g/mol. The zero-order valence-corrected chi connectivity index (χ0v) is 13.8. The average Bonchev–Trinajstić information content (AvgIpc) is 2.35. The van der Waals surface area contributed by atoms with Gasteiger partial charge in [0.25, 0.3) is 0 Å². The van der Waals surface area contributed by atoms with E-state index in [-0.39, 0.29) is 17.7 Å². The first-order valence-corrected chi connectivity index (χ1v) is 7.40. The third kappa shape index (κ3) is 4.72. The van der Waals surface area contributed by atoms with Crippen LogP contribution < -0.4 is 5.32 Å². The summed E-state index contributed by atoms with van der Waals surface area (Å²) in [6, 6.07) is 0. The molecule has 2 atom stereocenters. The summed E-state index contributed by atoms with van der Waals surface area (Å²) in [5.41, 5.74) is -0.686. The van der Waals surface area contributed by atoms with Crippen LogP contribution >= 0.6 is 0 Å². The van der Waals surface area contributed by atoms with Crippen molar-refractivity contribution in [3.8, 4) is 0 Å². The summed E-state index contributed by atoms with van der Waals surface area (Å²) in [5, 5.41) is 3.07. The van der Waals surface area contributed by atoms with Gasteiger partial charge in [0.15, 0.2) is 0 Å². The Bertz CT molecular complexity index is 333. The van der Waals surface area contributed by atoms with Gasteiger partial charge in [-0.1, -0.05) is 0 Å². The van der Waals surface area contributed by atoms with Crippen molar-refractivity contribution in [2.24, 2.45) is 0 Å². The molecule has 0 amide bonds. The van der Waals surface area contributed by atoms with Crippen LogP contribution in [0.15, 0.2) is 0 Å². The Kier molecular flexibility index (Phi) is 5.98. The summed E-state index contributed by atoms with van der Waals surface area (Å²) < 4.78 is 10.8. The lowest BCUT2D eigenvalue weighted by molar-refractivity contribution is -0.148. The van der Waals surface area contributed by atoms with E-state index < -0.39 is 5.54 Å². The Morgan fingerprint density at radius 1 is 1.55 bits per heavy atom. The van der Waals surface area contributed by atoms with E-state index in [1.54, 1.807) is 7.05 Å². The lowest BCUT2D eigenvalue weighted by Gasteiger charge is -2.42. The first-order valence-electron chi connectivity index (χ1n) is 7.40. The number of hydrogen-bond donors (Lipinski definition) is 1. The predicted octanol–water partition coefficient (Wildman–Crippen LogP) is 1.42. The van der Waals surface area contributed by atoms with Crippen molar-refractivity contribution < 1.29 is 14.3 Å². The Labute approximate surface area is 123 Å². The van der Waals surface area contributed by atoms with Crippen LogP contribution in [-0.2, 0) is 14.3 Å². The molecule has 1 rings (SSSR count). The molecule has 1 saturated heterocycles. The van der Waals surface area contributed by atoms with E-state index in [0.29, 0.717) is 0 Å². The molecule has 0 saturated carbocycles. The second-order valence-corrected chi connectivity index (χ2v) is 6.60. The van der Waals surface area contributed by atoms with Gasteiger partial charge in [-0.15, -0.1) is 0 Å². The topological polar surface area (TPSA) is 50.8 Å². The second-order valence-electron chi connectivity index (χ2n) is 6.60. The van der Waals surface area contributed by atoms with E-state index in [4.69, 9.17) is 9.47 Å². The predicted molar refractivity (Wildman–Crippen MR) is 79.8 cm³/mol. The number of methoxy groups -OCH3 is 1. The minimum Gasteiger partial charge on any atom is -0.468 e. The van der Waals surface area contributed by atoms with Crippen LogP contribution in [-0.4, -0.2) is 61.9 Å². The van der Waals surface area contributed by atoms with E-state index in [1.807, 2.05) is 6.92 Å². The summed E-state index contributed by atoms with van der Waals surface area (Å²) in [4.78, 5) is 14.2. The lowest BCUT2D eigenvalue weighted by atomic mass is 9.95. The molecule has 118 valence electrons. The quantitative estimate of drug-likeness (QED) is 0.748. The molecule has 0 aromatic rings. The molecule has 1 aliphatic heterocycles. The number of carbonyl (C=O) groups excluding carboxylic acids is 1. The molecule has 5 nitrogen and oxygen atoms in total. The SMILES string of the molecule is CNC(C)(CCCN1CC(C)OC(C)(C)C1)C(=O)OC. The molecule has 0 aromatic carbocycles. The molecular formula is C15H30N2O3. The number of carbonyl (C=O) groups is 1. The highest BCUT2D eigenvalue weighted by atomic mass is 16.5. The summed E-state index contributed by atoms with van der Waals surface area (Å²) in [6.07, 6.45) is 1.98. The van der Waals surface area contributed by atoms with Gasteiger partial charge in [0.2, 0.25) is 0 Å². The molecule has 2 unspecified atom stereocenters. The highest BCUT2D eigenvalue weighted by Gasteiger charge is 2.34. The van der Waals surface area contributed by atoms with Crippen LogP contribution in [0.4, 0.5) is 0 Å². The maximum absolute atomic E-state index is 11.8. The van der Waals surface area contributed by atoms with Crippen LogP contribution in [0.25, 0.3) is 0 Å². The minimum absolute atomic E-state index is 0.0909. The van der Waals surface area contributed by atoms with Crippen molar-refractivity contribution in [1.82, 2.24) is 10.2 Å². The van der Waals surface area contributed by atoms with Gasteiger partial charge < -0.3 is 14.8 Å². The second kappa shape index (κ2) is 6.87. The van der Waals surface area contributed by atoms with E-state index in [0.717, 1.165) is 32.5 Å². The number of nitrogens with one attached hydrogen (secondary N) is 1. The van der Waals surface area contributed by atoms with Crippen LogP contribution in [0.3, 0.4) is 0 Å². The smallest absolute Gasteiger partial charge is 0.325 e. The van der Waals surface area contributed by atoms with Crippen LogP contribution in [0.1, 0.15) is 40.5 Å². The Hall–Kier alpha value is -0.650. The largest absolute Gasteiger partial charge is 0.468 e. The van der Waals surface area contributed by atoms with E-state index >= 15 is 0 Å². The van der Waals surface area contributed by atoms with Crippen molar-refractivity contribution in [2.45, 2.75) is 57.8 Å². The highest BCUT2D eigenvalue weighted by molar-refractivity contribution is 5.80. The number of rotatable bonds is 6. The molecule has 5 heteroatoms. The normalized spacial score (nSPS) is 26.0. The number of nitrogens with zero attached hydrogens (tertiary/aromatic N) is 1. The molecule has 0 aliphatic carbocycles. The lowest BCUT2D eigenvalue weighted by Crippen LogP contribution is -2.52. The molecule has 0 bridgehead atoms.